The Morgan fingerprint density at radius 1 is 1.38 bits per heavy atom. The Kier molecular flexibility index (Phi) is 4.55. The monoisotopic (exact) mass is 293 g/mol. The van der Waals surface area contributed by atoms with Gasteiger partial charge in [-0.05, 0) is 62.6 Å². The fourth-order valence-electron chi connectivity index (χ4n) is 4.33. The van der Waals surface area contributed by atoms with Gasteiger partial charge in [-0.2, -0.15) is 0 Å². The van der Waals surface area contributed by atoms with E-state index in [1.54, 1.807) is 0 Å². The van der Waals surface area contributed by atoms with E-state index in [9.17, 15) is 4.79 Å². The molecule has 120 valence electrons. The summed E-state index contributed by atoms with van der Waals surface area (Å²) in [7, 11) is 0. The van der Waals surface area contributed by atoms with Crippen LogP contribution < -0.4 is 10.6 Å². The van der Waals surface area contributed by atoms with E-state index in [2.05, 4.69) is 29.4 Å². The summed E-state index contributed by atoms with van der Waals surface area (Å²) >= 11 is 0. The number of likely N-dealkylation sites (tertiary alicyclic amines) is 1. The maximum absolute atomic E-state index is 12.3. The molecule has 0 aromatic heterocycles. The minimum absolute atomic E-state index is 0.313. The van der Waals surface area contributed by atoms with Crippen LogP contribution in [0, 0.1) is 23.2 Å². The number of hydrogen-bond acceptors (Lipinski definition) is 3. The third-order valence-corrected chi connectivity index (χ3v) is 5.66. The molecular formula is C17H31N3O. The molecule has 2 aliphatic heterocycles. The van der Waals surface area contributed by atoms with Gasteiger partial charge in [-0.15, -0.1) is 0 Å². The Morgan fingerprint density at radius 3 is 2.86 bits per heavy atom. The minimum atomic E-state index is 0.313. The summed E-state index contributed by atoms with van der Waals surface area (Å²) in [6, 6.07) is 0. The minimum Gasteiger partial charge on any atom is -0.356 e. The van der Waals surface area contributed by atoms with Gasteiger partial charge in [0.1, 0.15) is 0 Å². The second-order valence-corrected chi connectivity index (χ2v) is 7.92. The lowest BCUT2D eigenvalue weighted by molar-refractivity contribution is -0.123. The average molecular weight is 293 g/mol. The summed E-state index contributed by atoms with van der Waals surface area (Å²) in [4.78, 5) is 14.9. The normalized spacial score (nSPS) is 31.8. The van der Waals surface area contributed by atoms with E-state index in [1.165, 1.54) is 32.4 Å². The van der Waals surface area contributed by atoms with Crippen LogP contribution in [0.4, 0.5) is 0 Å². The number of nitrogens with zero attached hydrogens (tertiary/aromatic N) is 1. The number of hydrogen-bond donors (Lipinski definition) is 2. The van der Waals surface area contributed by atoms with Crippen molar-refractivity contribution in [1.82, 2.24) is 15.5 Å². The van der Waals surface area contributed by atoms with Gasteiger partial charge in [-0.1, -0.05) is 13.8 Å². The van der Waals surface area contributed by atoms with E-state index in [0.717, 1.165) is 38.5 Å². The third kappa shape index (κ3) is 3.59. The summed E-state index contributed by atoms with van der Waals surface area (Å²) in [6.07, 6.45) is 4.75. The Morgan fingerprint density at radius 2 is 2.14 bits per heavy atom. The summed E-state index contributed by atoms with van der Waals surface area (Å²) in [5.74, 6) is 2.05. The molecule has 4 heteroatoms. The van der Waals surface area contributed by atoms with Crippen molar-refractivity contribution < 1.29 is 4.79 Å². The molecular weight excluding hydrogens is 262 g/mol. The quantitative estimate of drug-likeness (QED) is 0.807. The van der Waals surface area contributed by atoms with Crippen LogP contribution in [0.1, 0.15) is 39.5 Å². The van der Waals surface area contributed by atoms with Crippen LogP contribution in [-0.2, 0) is 4.79 Å². The molecule has 4 nitrogen and oxygen atoms in total. The van der Waals surface area contributed by atoms with Crippen LogP contribution >= 0.6 is 0 Å². The number of piperidine rings is 1. The Hall–Kier alpha value is -0.610. The predicted molar refractivity (Wildman–Crippen MR) is 85.0 cm³/mol. The molecule has 1 aliphatic carbocycles. The fraction of sp³-hybridized carbons (Fsp3) is 0.941. The van der Waals surface area contributed by atoms with Crippen molar-refractivity contribution in [3.05, 3.63) is 0 Å². The highest BCUT2D eigenvalue weighted by atomic mass is 16.2. The zero-order valence-electron chi connectivity index (χ0n) is 13.7. The molecule has 0 bridgehead atoms. The van der Waals surface area contributed by atoms with Gasteiger partial charge in [0.05, 0.1) is 0 Å². The fourth-order valence-corrected chi connectivity index (χ4v) is 4.33. The van der Waals surface area contributed by atoms with E-state index in [1.807, 2.05) is 0 Å². The molecule has 2 atom stereocenters. The number of carbonyl (C=O) groups excluding carboxylic acids is 1. The topological polar surface area (TPSA) is 44.4 Å². The van der Waals surface area contributed by atoms with Crippen molar-refractivity contribution >= 4 is 5.91 Å². The van der Waals surface area contributed by atoms with Gasteiger partial charge in [0.25, 0.3) is 0 Å². The first kappa shape index (κ1) is 15.3. The maximum Gasteiger partial charge on any atom is 0.223 e. The van der Waals surface area contributed by atoms with Gasteiger partial charge in [0.15, 0.2) is 0 Å². The molecule has 1 amide bonds. The van der Waals surface area contributed by atoms with Gasteiger partial charge in [-0.3, -0.25) is 4.79 Å². The Labute approximate surface area is 129 Å². The zero-order valence-corrected chi connectivity index (χ0v) is 13.7. The molecule has 0 radical (unpaired) electrons. The van der Waals surface area contributed by atoms with Crippen LogP contribution in [0.25, 0.3) is 0 Å². The van der Waals surface area contributed by atoms with Crippen molar-refractivity contribution in [3.8, 4) is 0 Å². The van der Waals surface area contributed by atoms with E-state index < -0.39 is 0 Å². The molecule has 2 unspecified atom stereocenters. The van der Waals surface area contributed by atoms with Gasteiger partial charge in [0.2, 0.25) is 5.91 Å². The zero-order chi connectivity index (χ0) is 14.9. The Bertz CT molecular complexity index is 376. The summed E-state index contributed by atoms with van der Waals surface area (Å²) in [6.45, 7) is 11.2. The van der Waals surface area contributed by atoms with Crippen LogP contribution in [-0.4, -0.2) is 50.1 Å². The lowest BCUT2D eigenvalue weighted by Crippen LogP contribution is -2.36. The van der Waals surface area contributed by atoms with Crippen LogP contribution in [0.5, 0.6) is 0 Å². The number of nitrogens with one attached hydrogen (secondary N) is 2. The molecule has 0 aromatic rings. The van der Waals surface area contributed by atoms with Crippen LogP contribution in [0.2, 0.25) is 0 Å². The molecule has 3 aliphatic rings. The number of amides is 1. The maximum atomic E-state index is 12.3. The van der Waals surface area contributed by atoms with E-state index in [0.29, 0.717) is 23.2 Å². The molecule has 1 saturated carbocycles. The first-order valence-corrected chi connectivity index (χ1v) is 8.80. The molecule has 2 heterocycles. The lowest BCUT2D eigenvalue weighted by atomic mass is 9.91. The largest absolute Gasteiger partial charge is 0.356 e. The highest BCUT2D eigenvalue weighted by Gasteiger charge is 2.57. The molecule has 2 N–H and O–H groups in total. The van der Waals surface area contributed by atoms with E-state index in [-0.39, 0.29) is 0 Å². The average Bonchev–Trinajstić information content (AvgIpc) is 2.95. The van der Waals surface area contributed by atoms with Crippen LogP contribution in [0.3, 0.4) is 0 Å². The van der Waals surface area contributed by atoms with E-state index >= 15 is 0 Å². The molecule has 3 rings (SSSR count). The first-order valence-electron chi connectivity index (χ1n) is 8.80. The summed E-state index contributed by atoms with van der Waals surface area (Å²) in [5, 5.41) is 6.65. The van der Waals surface area contributed by atoms with Gasteiger partial charge >= 0.3 is 0 Å². The standard InChI is InChI=1S/C17H31N3O/c1-13(2)11-20-8-3-14(12-20)10-19-16(21)15-9-17(15)4-6-18-7-5-17/h13-15,18H,3-12H2,1-2H3,(H,19,21). The SMILES string of the molecule is CC(C)CN1CCC(CNC(=O)C2CC23CCNCC3)C1. The Balaban J connectivity index is 1.37. The van der Waals surface area contributed by atoms with Gasteiger partial charge in [-0.25, -0.2) is 0 Å². The van der Waals surface area contributed by atoms with Crippen molar-refractivity contribution in [3.63, 3.8) is 0 Å². The van der Waals surface area contributed by atoms with E-state index in [4.69, 9.17) is 0 Å². The van der Waals surface area contributed by atoms with Gasteiger partial charge < -0.3 is 15.5 Å². The van der Waals surface area contributed by atoms with Crippen molar-refractivity contribution in [1.29, 1.82) is 0 Å². The number of rotatable bonds is 5. The highest BCUT2D eigenvalue weighted by molar-refractivity contribution is 5.82. The summed E-state index contributed by atoms with van der Waals surface area (Å²) < 4.78 is 0. The van der Waals surface area contributed by atoms with Gasteiger partial charge in [0, 0.05) is 25.6 Å². The molecule has 21 heavy (non-hydrogen) atoms. The lowest BCUT2D eigenvalue weighted by Gasteiger charge is -2.23. The molecule has 1 spiro atoms. The second kappa shape index (κ2) is 6.25. The van der Waals surface area contributed by atoms with Crippen LogP contribution in [0.15, 0.2) is 0 Å². The molecule has 2 saturated heterocycles. The van der Waals surface area contributed by atoms with Crippen molar-refractivity contribution in [2.24, 2.45) is 23.2 Å². The predicted octanol–water partition coefficient (Wildman–Crippen LogP) is 1.47. The third-order valence-electron chi connectivity index (χ3n) is 5.66. The number of carbonyl (C=O) groups is 1. The molecule has 0 aromatic carbocycles. The summed E-state index contributed by atoms with van der Waals surface area (Å²) in [5.41, 5.74) is 0.370. The highest BCUT2D eigenvalue weighted by Crippen LogP contribution is 2.58. The smallest absolute Gasteiger partial charge is 0.223 e. The van der Waals surface area contributed by atoms with Crippen molar-refractivity contribution in [2.75, 3.05) is 39.3 Å². The second-order valence-electron chi connectivity index (χ2n) is 7.92. The first-order chi connectivity index (χ1) is 10.1. The molecule has 3 fully saturated rings. The van der Waals surface area contributed by atoms with Crippen molar-refractivity contribution in [2.45, 2.75) is 39.5 Å².